The highest BCUT2D eigenvalue weighted by atomic mass is 35.5. The Hall–Kier alpha value is -3.03. The Bertz CT molecular complexity index is 1270. The van der Waals surface area contributed by atoms with E-state index in [0.29, 0.717) is 35.9 Å². The minimum atomic E-state index is -0.963. The van der Waals surface area contributed by atoms with Crippen molar-refractivity contribution in [2.45, 2.75) is 39.2 Å². The van der Waals surface area contributed by atoms with Gasteiger partial charge < -0.3 is 9.84 Å². The van der Waals surface area contributed by atoms with Gasteiger partial charge in [-0.15, -0.1) is 0 Å². The summed E-state index contributed by atoms with van der Waals surface area (Å²) in [5.74, 6) is -0.904. The molecule has 1 heterocycles. The van der Waals surface area contributed by atoms with Gasteiger partial charge in [0.25, 0.3) is 5.56 Å². The van der Waals surface area contributed by atoms with E-state index in [1.807, 2.05) is 31.2 Å². The molecule has 1 aromatic heterocycles. The van der Waals surface area contributed by atoms with E-state index in [4.69, 9.17) is 26.5 Å². The summed E-state index contributed by atoms with van der Waals surface area (Å²) in [5.41, 5.74) is 3.42. The van der Waals surface area contributed by atoms with Gasteiger partial charge in [-0.2, -0.15) is 5.10 Å². The van der Waals surface area contributed by atoms with Crippen molar-refractivity contribution in [3.8, 4) is 22.4 Å². The maximum Gasteiger partial charge on any atom is 0.329 e. The first kappa shape index (κ1) is 25.1. The molecule has 0 radical (unpaired) electrons. The predicted octanol–water partition coefficient (Wildman–Crippen LogP) is 5.59. The molecule has 184 valence electrons. The lowest BCUT2D eigenvalue weighted by molar-refractivity contribution is -0.142. The molecule has 0 aliphatic heterocycles. The molecule has 1 saturated carbocycles. The van der Waals surface area contributed by atoms with Crippen LogP contribution in [0.2, 0.25) is 5.02 Å². The summed E-state index contributed by atoms with van der Waals surface area (Å²) in [6, 6.07) is 13.9. The summed E-state index contributed by atoms with van der Waals surface area (Å²) in [6.07, 6.45) is 3.63. The molecule has 6 nitrogen and oxygen atoms in total. The number of aryl methyl sites for hydroxylation is 1. The van der Waals surface area contributed by atoms with Crippen LogP contribution in [0.3, 0.4) is 0 Å². The molecule has 0 atom stereocenters. The predicted molar refractivity (Wildman–Crippen MR) is 133 cm³/mol. The first-order valence-corrected chi connectivity index (χ1v) is 12.1. The molecule has 2 aromatic carbocycles. The quantitative estimate of drug-likeness (QED) is 0.438. The number of nitrogens with zero attached hydrogens (tertiary/aromatic N) is 2. The number of hydrogen-bond donors (Lipinski definition) is 1. The smallest absolute Gasteiger partial charge is 0.329 e. The number of hydrogen-bond acceptors (Lipinski definition) is 4. The zero-order valence-electron chi connectivity index (χ0n) is 19.5. The van der Waals surface area contributed by atoms with Crippen LogP contribution in [0, 0.1) is 24.6 Å². The zero-order chi connectivity index (χ0) is 24.9. The van der Waals surface area contributed by atoms with Crippen molar-refractivity contribution in [2.75, 3.05) is 13.2 Å². The first-order chi connectivity index (χ1) is 16.8. The van der Waals surface area contributed by atoms with E-state index in [2.05, 4.69) is 0 Å². The Morgan fingerprint density at radius 2 is 1.86 bits per heavy atom. The van der Waals surface area contributed by atoms with Gasteiger partial charge in [0.1, 0.15) is 12.4 Å². The summed E-state index contributed by atoms with van der Waals surface area (Å²) in [4.78, 5) is 23.7. The van der Waals surface area contributed by atoms with Crippen LogP contribution in [0.1, 0.15) is 31.2 Å². The number of aromatic nitrogens is 2. The minimum absolute atomic E-state index is 0.0308. The fourth-order valence-corrected chi connectivity index (χ4v) is 4.77. The molecule has 3 aromatic rings. The molecule has 1 N–H and O–H groups in total. The number of carboxylic acids is 1. The standard InChI is InChI=1S/C27H28ClFN2O4/c1-17-3-2-4-20(11-17)22-13-25(32)31(30-27(22)21-9-10-23(28)24(29)12-21)14-18-5-7-19(8-6-18)15-35-16-26(33)34/h2-4,9-13,18-19H,5-8,14-16H2,1H3,(H,33,34). The van der Waals surface area contributed by atoms with Crippen molar-refractivity contribution < 1.29 is 19.0 Å². The minimum Gasteiger partial charge on any atom is -0.480 e. The number of aliphatic carboxylic acids is 1. The lowest BCUT2D eigenvalue weighted by Crippen LogP contribution is -2.29. The monoisotopic (exact) mass is 498 g/mol. The Kier molecular flexibility index (Phi) is 7.98. The molecule has 1 fully saturated rings. The van der Waals surface area contributed by atoms with Gasteiger partial charge in [-0.1, -0.05) is 47.5 Å². The maximum absolute atomic E-state index is 14.3. The average Bonchev–Trinajstić information content (AvgIpc) is 2.83. The molecule has 0 amide bonds. The summed E-state index contributed by atoms with van der Waals surface area (Å²) in [7, 11) is 0. The summed E-state index contributed by atoms with van der Waals surface area (Å²) < 4.78 is 21.0. The zero-order valence-corrected chi connectivity index (χ0v) is 20.3. The molecule has 8 heteroatoms. The van der Waals surface area contributed by atoms with E-state index in [1.165, 1.54) is 16.8 Å². The fraction of sp³-hybridized carbons (Fsp3) is 0.370. The third kappa shape index (κ3) is 6.35. The van der Waals surface area contributed by atoms with Crippen molar-refractivity contribution in [2.24, 2.45) is 11.8 Å². The summed E-state index contributed by atoms with van der Waals surface area (Å²) in [5, 5.41) is 13.5. The second-order valence-corrected chi connectivity index (χ2v) is 9.63. The highest BCUT2D eigenvalue weighted by molar-refractivity contribution is 6.30. The summed E-state index contributed by atoms with van der Waals surface area (Å²) in [6.45, 7) is 2.61. The van der Waals surface area contributed by atoms with E-state index in [1.54, 1.807) is 12.1 Å². The second-order valence-electron chi connectivity index (χ2n) is 9.22. The van der Waals surface area contributed by atoms with Gasteiger partial charge in [0.05, 0.1) is 17.3 Å². The van der Waals surface area contributed by atoms with Gasteiger partial charge in [-0.25, -0.2) is 13.9 Å². The van der Waals surface area contributed by atoms with Crippen LogP contribution in [0.15, 0.2) is 53.3 Å². The molecule has 0 bridgehead atoms. The van der Waals surface area contributed by atoms with Crippen LogP contribution >= 0.6 is 11.6 Å². The maximum atomic E-state index is 14.3. The topological polar surface area (TPSA) is 81.4 Å². The van der Waals surface area contributed by atoms with Gasteiger partial charge in [0, 0.05) is 23.7 Å². The van der Waals surface area contributed by atoms with Gasteiger partial charge in [-0.3, -0.25) is 4.79 Å². The van der Waals surface area contributed by atoms with E-state index >= 15 is 0 Å². The lowest BCUT2D eigenvalue weighted by atomic mass is 9.82. The van der Waals surface area contributed by atoms with Gasteiger partial charge in [-0.05, 0) is 62.1 Å². The van der Waals surface area contributed by atoms with Crippen molar-refractivity contribution >= 4 is 17.6 Å². The SMILES string of the molecule is Cc1cccc(-c2cc(=O)n(CC3CCC(COCC(=O)O)CC3)nc2-c2ccc(Cl)c(F)c2)c1. The van der Waals surface area contributed by atoms with Crippen LogP contribution in [-0.4, -0.2) is 34.1 Å². The molecule has 4 rings (SSSR count). The van der Waals surface area contributed by atoms with Crippen molar-refractivity contribution in [3.63, 3.8) is 0 Å². The molecule has 1 aliphatic carbocycles. The van der Waals surface area contributed by atoms with Crippen molar-refractivity contribution in [1.82, 2.24) is 9.78 Å². The average molecular weight is 499 g/mol. The highest BCUT2D eigenvalue weighted by Crippen LogP contribution is 2.33. The Morgan fingerprint density at radius 1 is 1.11 bits per heavy atom. The van der Waals surface area contributed by atoms with Crippen LogP contribution in [0.5, 0.6) is 0 Å². The second kappa shape index (κ2) is 11.1. The number of carbonyl (C=O) groups is 1. The number of benzene rings is 2. The highest BCUT2D eigenvalue weighted by Gasteiger charge is 2.23. The van der Waals surface area contributed by atoms with E-state index in [-0.39, 0.29) is 23.1 Å². The van der Waals surface area contributed by atoms with E-state index in [0.717, 1.165) is 36.8 Å². The number of carboxylic acid groups (broad SMARTS) is 1. The van der Waals surface area contributed by atoms with Crippen LogP contribution in [-0.2, 0) is 16.1 Å². The molecule has 1 aliphatic rings. The van der Waals surface area contributed by atoms with Crippen LogP contribution in [0.25, 0.3) is 22.4 Å². The Balaban J connectivity index is 1.59. The number of ether oxygens (including phenoxy) is 1. The number of halogens is 2. The normalized spacial score (nSPS) is 17.9. The lowest BCUT2D eigenvalue weighted by Gasteiger charge is -2.28. The largest absolute Gasteiger partial charge is 0.480 e. The van der Waals surface area contributed by atoms with Crippen LogP contribution < -0.4 is 5.56 Å². The first-order valence-electron chi connectivity index (χ1n) is 11.7. The Morgan fingerprint density at radius 3 is 2.54 bits per heavy atom. The Labute approximate surface area is 208 Å². The van der Waals surface area contributed by atoms with Gasteiger partial charge >= 0.3 is 5.97 Å². The molecular formula is C27H28ClFN2O4. The van der Waals surface area contributed by atoms with E-state index < -0.39 is 11.8 Å². The molecule has 0 saturated heterocycles. The van der Waals surface area contributed by atoms with Crippen LogP contribution in [0.4, 0.5) is 4.39 Å². The van der Waals surface area contributed by atoms with Gasteiger partial charge in [0.2, 0.25) is 0 Å². The summed E-state index contributed by atoms with van der Waals surface area (Å²) >= 11 is 5.90. The third-order valence-corrected chi connectivity index (χ3v) is 6.80. The molecule has 35 heavy (non-hydrogen) atoms. The third-order valence-electron chi connectivity index (χ3n) is 6.50. The van der Waals surface area contributed by atoms with Crippen molar-refractivity contribution in [3.05, 3.63) is 75.3 Å². The molecule has 0 unspecified atom stereocenters. The van der Waals surface area contributed by atoms with Gasteiger partial charge in [0.15, 0.2) is 0 Å². The fourth-order valence-electron chi connectivity index (χ4n) is 4.65. The van der Waals surface area contributed by atoms with Crippen molar-refractivity contribution in [1.29, 1.82) is 0 Å². The van der Waals surface area contributed by atoms with E-state index in [9.17, 15) is 14.0 Å². The molecular weight excluding hydrogens is 471 g/mol. The molecule has 0 spiro atoms. The number of rotatable bonds is 8.